The van der Waals surface area contributed by atoms with Crippen LogP contribution in [-0.4, -0.2) is 13.9 Å². The van der Waals surface area contributed by atoms with Crippen LogP contribution >= 0.6 is 0 Å². The Hall–Kier alpha value is -1.61. The van der Waals surface area contributed by atoms with Crippen molar-refractivity contribution in [3.05, 3.63) is 41.7 Å². The Morgan fingerprint density at radius 3 is 2.71 bits per heavy atom. The monoisotopic (exact) mass is 234 g/mol. The summed E-state index contributed by atoms with van der Waals surface area (Å²) >= 11 is 0. The summed E-state index contributed by atoms with van der Waals surface area (Å²) in [6, 6.07) is 8.89. The van der Waals surface area contributed by atoms with Crippen molar-refractivity contribution in [3.8, 4) is 5.75 Å². The van der Waals surface area contributed by atoms with Crippen LogP contribution in [0.1, 0.15) is 12.5 Å². The smallest absolute Gasteiger partial charge is 0.188 e. The molecule has 2 aromatic carbocycles. The van der Waals surface area contributed by atoms with Crippen LogP contribution in [0.2, 0.25) is 0 Å². The minimum atomic E-state index is -0.148. The molecule has 0 unspecified atom stereocenters. The van der Waals surface area contributed by atoms with Crippen LogP contribution in [-0.2, 0) is 11.2 Å². The van der Waals surface area contributed by atoms with Gasteiger partial charge in [0.05, 0.1) is 0 Å². The van der Waals surface area contributed by atoms with Gasteiger partial charge in [-0.25, -0.2) is 4.39 Å². The SMILES string of the molecule is CCc1c(F)ccc2cc(OCOC)ccc12. The maximum Gasteiger partial charge on any atom is 0.188 e. The Labute approximate surface area is 100.0 Å². The highest BCUT2D eigenvalue weighted by atomic mass is 19.1. The summed E-state index contributed by atoms with van der Waals surface area (Å²) in [5.74, 6) is 0.582. The van der Waals surface area contributed by atoms with Gasteiger partial charge in [-0.3, -0.25) is 0 Å². The van der Waals surface area contributed by atoms with Crippen LogP contribution in [0.5, 0.6) is 5.75 Å². The number of aryl methyl sites for hydroxylation is 1. The molecular weight excluding hydrogens is 219 g/mol. The zero-order valence-electron chi connectivity index (χ0n) is 10.00. The fourth-order valence-corrected chi connectivity index (χ4v) is 1.92. The fraction of sp³-hybridized carbons (Fsp3) is 0.286. The van der Waals surface area contributed by atoms with Crippen LogP contribution in [0.15, 0.2) is 30.3 Å². The third-order valence-corrected chi connectivity index (χ3v) is 2.74. The molecule has 0 aliphatic rings. The molecule has 0 aliphatic carbocycles. The lowest BCUT2D eigenvalue weighted by molar-refractivity contribution is 0.0512. The predicted molar refractivity (Wildman–Crippen MR) is 65.8 cm³/mol. The van der Waals surface area contributed by atoms with Gasteiger partial charge in [-0.1, -0.05) is 19.1 Å². The van der Waals surface area contributed by atoms with Gasteiger partial charge >= 0.3 is 0 Å². The lowest BCUT2D eigenvalue weighted by Gasteiger charge is -2.09. The van der Waals surface area contributed by atoms with Crippen molar-refractivity contribution in [2.45, 2.75) is 13.3 Å². The molecule has 2 nitrogen and oxygen atoms in total. The van der Waals surface area contributed by atoms with Gasteiger partial charge in [0.25, 0.3) is 0 Å². The summed E-state index contributed by atoms with van der Waals surface area (Å²) in [5, 5.41) is 1.93. The average Bonchev–Trinajstić information content (AvgIpc) is 2.36. The van der Waals surface area contributed by atoms with E-state index in [2.05, 4.69) is 0 Å². The molecule has 0 heterocycles. The number of ether oxygens (including phenoxy) is 2. The number of hydrogen-bond donors (Lipinski definition) is 0. The molecule has 17 heavy (non-hydrogen) atoms. The molecule has 0 saturated heterocycles. The van der Waals surface area contributed by atoms with Crippen LogP contribution in [0.4, 0.5) is 4.39 Å². The van der Waals surface area contributed by atoms with Crippen molar-refractivity contribution in [2.24, 2.45) is 0 Å². The largest absolute Gasteiger partial charge is 0.468 e. The summed E-state index contributed by atoms with van der Waals surface area (Å²) in [4.78, 5) is 0. The number of hydrogen-bond acceptors (Lipinski definition) is 2. The Bertz CT molecular complexity index is 523. The fourth-order valence-electron chi connectivity index (χ4n) is 1.92. The van der Waals surface area contributed by atoms with Gasteiger partial charge in [-0.15, -0.1) is 0 Å². The molecule has 2 rings (SSSR count). The summed E-state index contributed by atoms with van der Waals surface area (Å²) in [5.41, 5.74) is 0.751. The minimum Gasteiger partial charge on any atom is -0.468 e. The maximum atomic E-state index is 13.6. The van der Waals surface area contributed by atoms with Gasteiger partial charge < -0.3 is 9.47 Å². The van der Waals surface area contributed by atoms with E-state index in [0.29, 0.717) is 6.42 Å². The van der Waals surface area contributed by atoms with E-state index >= 15 is 0 Å². The van der Waals surface area contributed by atoms with Gasteiger partial charge in [-0.2, -0.15) is 0 Å². The van der Waals surface area contributed by atoms with E-state index in [1.807, 2.05) is 25.1 Å². The van der Waals surface area contributed by atoms with Crippen molar-refractivity contribution in [1.29, 1.82) is 0 Å². The quantitative estimate of drug-likeness (QED) is 0.753. The second kappa shape index (κ2) is 5.15. The van der Waals surface area contributed by atoms with E-state index < -0.39 is 0 Å². The van der Waals surface area contributed by atoms with Crippen molar-refractivity contribution in [3.63, 3.8) is 0 Å². The van der Waals surface area contributed by atoms with Crippen molar-refractivity contribution >= 4 is 10.8 Å². The highest BCUT2D eigenvalue weighted by Crippen LogP contribution is 2.26. The third kappa shape index (κ3) is 2.39. The molecule has 0 bridgehead atoms. The van der Waals surface area contributed by atoms with E-state index in [0.717, 1.165) is 22.1 Å². The van der Waals surface area contributed by atoms with Gasteiger partial charge in [0.2, 0.25) is 0 Å². The summed E-state index contributed by atoms with van der Waals surface area (Å²) in [6.45, 7) is 2.17. The highest BCUT2D eigenvalue weighted by Gasteiger charge is 2.06. The first-order valence-electron chi connectivity index (χ1n) is 5.59. The van der Waals surface area contributed by atoms with Gasteiger partial charge in [0.1, 0.15) is 11.6 Å². The summed E-state index contributed by atoms with van der Waals surface area (Å²) in [7, 11) is 1.58. The molecule has 0 aliphatic heterocycles. The molecule has 0 fully saturated rings. The summed E-state index contributed by atoms with van der Waals surface area (Å²) in [6.07, 6.45) is 0.682. The number of fused-ring (bicyclic) bond motifs is 1. The predicted octanol–water partition coefficient (Wildman–Crippen LogP) is 3.52. The van der Waals surface area contributed by atoms with Crippen LogP contribution in [0.3, 0.4) is 0 Å². The molecule has 2 aromatic rings. The van der Waals surface area contributed by atoms with E-state index in [9.17, 15) is 4.39 Å². The van der Waals surface area contributed by atoms with Crippen molar-refractivity contribution in [1.82, 2.24) is 0 Å². The van der Waals surface area contributed by atoms with Crippen LogP contribution in [0, 0.1) is 5.82 Å². The molecule has 0 N–H and O–H groups in total. The maximum absolute atomic E-state index is 13.6. The van der Waals surface area contributed by atoms with Crippen LogP contribution < -0.4 is 4.74 Å². The molecule has 3 heteroatoms. The minimum absolute atomic E-state index is 0.148. The molecule has 0 saturated carbocycles. The average molecular weight is 234 g/mol. The van der Waals surface area contributed by atoms with Gasteiger partial charge in [-0.05, 0) is 41.0 Å². The number of halogens is 1. The molecule has 0 amide bonds. The standard InChI is InChI=1S/C14H15FO2/c1-3-12-13-6-5-11(17-9-16-2)8-10(13)4-7-14(12)15/h4-8H,3,9H2,1-2H3. The third-order valence-electron chi connectivity index (χ3n) is 2.74. The first-order valence-corrected chi connectivity index (χ1v) is 5.59. The lowest BCUT2D eigenvalue weighted by Crippen LogP contribution is -1.98. The van der Waals surface area contributed by atoms with E-state index in [-0.39, 0.29) is 12.6 Å². The second-order valence-corrected chi connectivity index (χ2v) is 3.81. The van der Waals surface area contributed by atoms with Crippen LogP contribution in [0.25, 0.3) is 10.8 Å². The first kappa shape index (κ1) is 11.9. The zero-order valence-corrected chi connectivity index (χ0v) is 10.00. The first-order chi connectivity index (χ1) is 8.26. The van der Waals surface area contributed by atoms with E-state index in [4.69, 9.17) is 9.47 Å². The topological polar surface area (TPSA) is 18.5 Å². The Morgan fingerprint density at radius 2 is 2.00 bits per heavy atom. The second-order valence-electron chi connectivity index (χ2n) is 3.81. The number of methoxy groups -OCH3 is 1. The Kier molecular flexibility index (Phi) is 3.59. The molecular formula is C14H15FO2. The van der Waals surface area contributed by atoms with Gasteiger partial charge in [0.15, 0.2) is 6.79 Å². The lowest BCUT2D eigenvalue weighted by atomic mass is 10.0. The van der Waals surface area contributed by atoms with E-state index in [1.54, 1.807) is 13.2 Å². The molecule has 0 aromatic heterocycles. The summed E-state index contributed by atoms with van der Waals surface area (Å²) < 4.78 is 23.8. The normalized spacial score (nSPS) is 10.8. The van der Waals surface area contributed by atoms with Crippen molar-refractivity contribution < 1.29 is 13.9 Å². The highest BCUT2D eigenvalue weighted by molar-refractivity contribution is 5.87. The van der Waals surface area contributed by atoms with Crippen molar-refractivity contribution in [2.75, 3.05) is 13.9 Å². The zero-order chi connectivity index (χ0) is 12.3. The number of benzene rings is 2. The van der Waals surface area contributed by atoms with Gasteiger partial charge in [0, 0.05) is 7.11 Å². The Balaban J connectivity index is 2.45. The molecule has 0 atom stereocenters. The number of rotatable bonds is 4. The molecule has 0 spiro atoms. The molecule has 90 valence electrons. The Morgan fingerprint density at radius 1 is 1.18 bits per heavy atom. The molecule has 0 radical (unpaired) electrons. The van der Waals surface area contributed by atoms with E-state index in [1.165, 1.54) is 6.07 Å².